The molecule has 18 heavy (non-hydrogen) atoms. The molecule has 0 bridgehead atoms. The molecule has 0 aliphatic heterocycles. The Bertz CT molecular complexity index is 562. The lowest BCUT2D eigenvalue weighted by molar-refractivity contribution is 0.0995. The van der Waals surface area contributed by atoms with Gasteiger partial charge < -0.3 is 0 Å². The predicted octanol–water partition coefficient (Wildman–Crippen LogP) is 1.65. The Kier molecular flexibility index (Phi) is 4.29. The SMILES string of the molecule is Cc1cc(C)c(C)c(C(=O)CNS(C)(=O)=O)c1C. The molecule has 0 unspecified atom stereocenters. The van der Waals surface area contributed by atoms with Gasteiger partial charge >= 0.3 is 0 Å². The maximum absolute atomic E-state index is 12.1. The van der Waals surface area contributed by atoms with Crippen LogP contribution in [-0.2, 0) is 10.0 Å². The van der Waals surface area contributed by atoms with Crippen molar-refractivity contribution in [1.29, 1.82) is 0 Å². The third-order valence-corrected chi connectivity index (χ3v) is 3.81. The summed E-state index contributed by atoms with van der Waals surface area (Å²) in [5.74, 6) is -0.192. The molecular weight excluding hydrogens is 250 g/mol. The van der Waals surface area contributed by atoms with Gasteiger partial charge in [0.25, 0.3) is 0 Å². The quantitative estimate of drug-likeness (QED) is 0.845. The summed E-state index contributed by atoms with van der Waals surface area (Å²) in [6.45, 7) is 7.47. The molecule has 0 aliphatic rings. The average Bonchev–Trinajstić information content (AvgIpc) is 2.23. The molecule has 5 heteroatoms. The van der Waals surface area contributed by atoms with Crippen molar-refractivity contribution >= 4 is 15.8 Å². The Hall–Kier alpha value is -1.20. The molecule has 0 saturated carbocycles. The highest BCUT2D eigenvalue weighted by Gasteiger charge is 2.16. The summed E-state index contributed by atoms with van der Waals surface area (Å²) in [5.41, 5.74) is 4.54. The number of hydrogen-bond donors (Lipinski definition) is 1. The molecule has 1 N–H and O–H groups in total. The first-order chi connectivity index (χ1) is 8.13. The van der Waals surface area contributed by atoms with Crippen molar-refractivity contribution in [2.45, 2.75) is 27.7 Å². The number of aryl methyl sites for hydroxylation is 2. The van der Waals surface area contributed by atoms with E-state index in [0.717, 1.165) is 28.5 Å². The van der Waals surface area contributed by atoms with Crippen molar-refractivity contribution in [3.05, 3.63) is 33.9 Å². The van der Waals surface area contributed by atoms with Crippen LogP contribution in [-0.4, -0.2) is 27.0 Å². The maximum Gasteiger partial charge on any atom is 0.209 e. The van der Waals surface area contributed by atoms with E-state index in [0.29, 0.717) is 5.56 Å². The number of sulfonamides is 1. The Balaban J connectivity index is 3.14. The Labute approximate surface area is 108 Å². The topological polar surface area (TPSA) is 63.2 Å². The zero-order valence-corrected chi connectivity index (χ0v) is 12.2. The number of Topliss-reactive ketones (excluding diaryl/α,β-unsaturated/α-hetero) is 1. The van der Waals surface area contributed by atoms with E-state index in [2.05, 4.69) is 4.72 Å². The minimum Gasteiger partial charge on any atom is -0.293 e. The van der Waals surface area contributed by atoms with E-state index < -0.39 is 10.0 Å². The summed E-state index contributed by atoms with van der Waals surface area (Å²) in [6, 6.07) is 2.03. The van der Waals surface area contributed by atoms with Gasteiger partial charge in [-0.1, -0.05) is 6.07 Å². The molecule has 1 aromatic rings. The van der Waals surface area contributed by atoms with Crippen LogP contribution >= 0.6 is 0 Å². The lowest BCUT2D eigenvalue weighted by Gasteiger charge is -2.14. The van der Waals surface area contributed by atoms with Gasteiger partial charge in [-0.15, -0.1) is 0 Å². The number of carbonyl (C=O) groups is 1. The van der Waals surface area contributed by atoms with Crippen molar-refractivity contribution in [2.75, 3.05) is 12.8 Å². The lowest BCUT2D eigenvalue weighted by Crippen LogP contribution is -2.29. The van der Waals surface area contributed by atoms with E-state index in [-0.39, 0.29) is 12.3 Å². The van der Waals surface area contributed by atoms with E-state index in [1.165, 1.54) is 0 Å². The van der Waals surface area contributed by atoms with Gasteiger partial charge in [-0.25, -0.2) is 13.1 Å². The van der Waals surface area contributed by atoms with Gasteiger partial charge in [0.15, 0.2) is 5.78 Å². The second-order valence-corrected chi connectivity index (χ2v) is 6.48. The fourth-order valence-electron chi connectivity index (χ4n) is 1.92. The molecule has 0 aromatic heterocycles. The van der Waals surface area contributed by atoms with E-state index >= 15 is 0 Å². The second kappa shape index (κ2) is 5.20. The first-order valence-electron chi connectivity index (χ1n) is 5.68. The van der Waals surface area contributed by atoms with Crippen molar-refractivity contribution in [3.8, 4) is 0 Å². The summed E-state index contributed by atoms with van der Waals surface area (Å²) in [7, 11) is -3.34. The van der Waals surface area contributed by atoms with Crippen LogP contribution in [0.3, 0.4) is 0 Å². The minimum absolute atomic E-state index is 0.191. The number of rotatable bonds is 4. The summed E-state index contributed by atoms with van der Waals surface area (Å²) in [5, 5.41) is 0. The molecule has 0 fully saturated rings. The van der Waals surface area contributed by atoms with Crippen LogP contribution < -0.4 is 4.72 Å². The summed E-state index contributed by atoms with van der Waals surface area (Å²) in [6.07, 6.45) is 1.04. The van der Waals surface area contributed by atoms with Crippen LogP contribution in [0.4, 0.5) is 0 Å². The van der Waals surface area contributed by atoms with Gasteiger partial charge in [0.1, 0.15) is 0 Å². The zero-order chi connectivity index (χ0) is 14.1. The van der Waals surface area contributed by atoms with Crippen molar-refractivity contribution in [1.82, 2.24) is 4.72 Å². The number of hydrogen-bond acceptors (Lipinski definition) is 3. The molecule has 0 amide bonds. The molecule has 0 spiro atoms. The Morgan fingerprint density at radius 1 is 1.11 bits per heavy atom. The molecule has 1 rings (SSSR count). The standard InChI is InChI=1S/C13H19NO3S/c1-8-6-9(2)11(4)13(10(8)3)12(15)7-14-18(5,16)17/h6,14H,7H2,1-5H3. The van der Waals surface area contributed by atoms with Crippen molar-refractivity contribution in [2.24, 2.45) is 0 Å². The van der Waals surface area contributed by atoms with E-state index in [1.54, 1.807) is 0 Å². The van der Waals surface area contributed by atoms with Gasteiger partial charge in [0.05, 0.1) is 12.8 Å². The van der Waals surface area contributed by atoms with Crippen LogP contribution in [0.15, 0.2) is 6.07 Å². The highest BCUT2D eigenvalue weighted by atomic mass is 32.2. The Morgan fingerprint density at radius 3 is 1.94 bits per heavy atom. The monoisotopic (exact) mass is 269 g/mol. The molecule has 0 atom stereocenters. The fraction of sp³-hybridized carbons (Fsp3) is 0.462. The van der Waals surface area contributed by atoms with Crippen molar-refractivity contribution < 1.29 is 13.2 Å². The van der Waals surface area contributed by atoms with Crippen LogP contribution in [0.25, 0.3) is 0 Å². The molecule has 0 saturated heterocycles. The molecule has 4 nitrogen and oxygen atoms in total. The normalized spacial score (nSPS) is 11.6. The first kappa shape index (κ1) is 14.9. The number of benzene rings is 1. The number of nitrogens with one attached hydrogen (secondary N) is 1. The van der Waals surface area contributed by atoms with Crippen molar-refractivity contribution in [3.63, 3.8) is 0 Å². The first-order valence-corrected chi connectivity index (χ1v) is 7.58. The summed E-state index contributed by atoms with van der Waals surface area (Å²) < 4.78 is 24.3. The van der Waals surface area contributed by atoms with Gasteiger partial charge in [-0.05, 0) is 49.9 Å². The maximum atomic E-state index is 12.1. The van der Waals surface area contributed by atoms with Crippen LogP contribution in [0.2, 0.25) is 0 Å². The summed E-state index contributed by atoms with van der Waals surface area (Å²) in [4.78, 5) is 12.1. The van der Waals surface area contributed by atoms with Gasteiger partial charge in [0, 0.05) is 5.56 Å². The summed E-state index contributed by atoms with van der Waals surface area (Å²) >= 11 is 0. The second-order valence-electron chi connectivity index (χ2n) is 4.65. The van der Waals surface area contributed by atoms with E-state index in [1.807, 2.05) is 33.8 Å². The van der Waals surface area contributed by atoms with Gasteiger partial charge in [-0.3, -0.25) is 4.79 Å². The van der Waals surface area contributed by atoms with Gasteiger partial charge in [0.2, 0.25) is 10.0 Å². The predicted molar refractivity (Wildman–Crippen MR) is 72.6 cm³/mol. The number of ketones is 1. The van der Waals surface area contributed by atoms with E-state index in [9.17, 15) is 13.2 Å². The largest absolute Gasteiger partial charge is 0.293 e. The molecule has 0 heterocycles. The number of carbonyl (C=O) groups excluding carboxylic acids is 1. The Morgan fingerprint density at radius 2 is 1.56 bits per heavy atom. The van der Waals surface area contributed by atoms with Crippen LogP contribution in [0.5, 0.6) is 0 Å². The third-order valence-electron chi connectivity index (χ3n) is 3.14. The fourth-order valence-corrected chi connectivity index (χ4v) is 2.31. The smallest absolute Gasteiger partial charge is 0.209 e. The molecule has 1 aromatic carbocycles. The molecule has 0 radical (unpaired) electrons. The van der Waals surface area contributed by atoms with E-state index in [4.69, 9.17) is 0 Å². The zero-order valence-electron chi connectivity index (χ0n) is 11.4. The van der Waals surface area contributed by atoms with Crippen LogP contribution in [0.1, 0.15) is 32.6 Å². The minimum atomic E-state index is -3.34. The third kappa shape index (κ3) is 3.40. The lowest BCUT2D eigenvalue weighted by atomic mass is 9.92. The molecule has 100 valence electrons. The molecule has 0 aliphatic carbocycles. The van der Waals surface area contributed by atoms with Gasteiger partial charge in [-0.2, -0.15) is 0 Å². The molecular formula is C13H19NO3S. The van der Waals surface area contributed by atoms with Crippen LogP contribution in [0, 0.1) is 27.7 Å². The highest BCUT2D eigenvalue weighted by Crippen LogP contribution is 2.21. The highest BCUT2D eigenvalue weighted by molar-refractivity contribution is 7.88. The average molecular weight is 269 g/mol.